The molecule has 0 spiro atoms. The lowest BCUT2D eigenvalue weighted by molar-refractivity contribution is 0.102. The molecule has 1 atom stereocenters. The minimum absolute atomic E-state index is 0.0332. The fourth-order valence-electron chi connectivity index (χ4n) is 2.51. The second kappa shape index (κ2) is 9.67. The highest BCUT2D eigenvalue weighted by Crippen LogP contribution is 2.29. The molecule has 0 aliphatic heterocycles. The van der Waals surface area contributed by atoms with Crippen LogP contribution in [0.2, 0.25) is 0 Å². The zero-order chi connectivity index (χ0) is 21.7. The summed E-state index contributed by atoms with van der Waals surface area (Å²) >= 11 is 3.29. The van der Waals surface area contributed by atoms with Crippen molar-refractivity contribution in [2.45, 2.75) is 26.4 Å². The molecular weight excluding hydrogens is 458 g/mol. The number of nitrogens with zero attached hydrogens (tertiary/aromatic N) is 1. The topological polar surface area (TPSA) is 60.5 Å². The summed E-state index contributed by atoms with van der Waals surface area (Å²) in [4.78, 5) is 16.8. The van der Waals surface area contributed by atoms with E-state index in [1.807, 2.05) is 13.8 Å². The number of carbonyl (C=O) groups is 1. The zero-order valence-electron chi connectivity index (χ0n) is 16.3. The predicted octanol–water partition coefficient (Wildman–Crippen LogP) is 6.34. The number of anilines is 1. The number of benzene rings is 2. The van der Waals surface area contributed by atoms with Gasteiger partial charge >= 0.3 is 0 Å². The van der Waals surface area contributed by atoms with Gasteiger partial charge in [0.2, 0.25) is 0 Å². The van der Waals surface area contributed by atoms with E-state index >= 15 is 0 Å². The van der Waals surface area contributed by atoms with Gasteiger partial charge in [0.05, 0.1) is 6.10 Å². The summed E-state index contributed by atoms with van der Waals surface area (Å²) in [5.41, 5.74) is 0.243. The lowest BCUT2D eigenvalue weighted by Gasteiger charge is -2.16. The Bertz CT molecular complexity index is 1020. The smallest absolute Gasteiger partial charge is 0.257 e. The molecule has 0 aliphatic carbocycles. The van der Waals surface area contributed by atoms with Crippen LogP contribution < -0.4 is 14.8 Å². The molecule has 1 heterocycles. The van der Waals surface area contributed by atoms with Crippen molar-refractivity contribution in [2.24, 2.45) is 0 Å². The van der Waals surface area contributed by atoms with Crippen LogP contribution in [0.4, 0.5) is 14.6 Å². The molecule has 1 N–H and O–H groups in total. The van der Waals surface area contributed by atoms with Crippen molar-refractivity contribution in [3.05, 3.63) is 76.4 Å². The minimum atomic E-state index is -0.767. The Morgan fingerprint density at radius 3 is 2.37 bits per heavy atom. The van der Waals surface area contributed by atoms with Crippen molar-refractivity contribution in [2.75, 3.05) is 5.32 Å². The Hall–Kier alpha value is -3.00. The molecule has 3 aromatic rings. The van der Waals surface area contributed by atoms with E-state index in [0.29, 0.717) is 11.6 Å². The molecule has 0 unspecified atom stereocenters. The molecule has 5 nitrogen and oxygen atoms in total. The number of aromatic nitrogens is 1. The van der Waals surface area contributed by atoms with E-state index in [4.69, 9.17) is 9.47 Å². The highest BCUT2D eigenvalue weighted by molar-refractivity contribution is 9.10. The lowest BCUT2D eigenvalue weighted by atomic mass is 10.1. The van der Waals surface area contributed by atoms with E-state index < -0.39 is 17.5 Å². The average Bonchev–Trinajstić information content (AvgIpc) is 2.68. The Kier molecular flexibility index (Phi) is 6.99. The number of amides is 1. The molecular formula is C22H19BrF2N2O3. The van der Waals surface area contributed by atoms with Crippen molar-refractivity contribution in [1.82, 2.24) is 4.98 Å². The van der Waals surface area contributed by atoms with Crippen LogP contribution in [0.15, 0.2) is 59.2 Å². The van der Waals surface area contributed by atoms with Crippen LogP contribution in [-0.4, -0.2) is 17.0 Å². The second-order valence-electron chi connectivity index (χ2n) is 6.55. The van der Waals surface area contributed by atoms with Gasteiger partial charge in [-0.25, -0.2) is 13.8 Å². The molecule has 0 fully saturated rings. The second-order valence-corrected chi connectivity index (χ2v) is 7.47. The summed E-state index contributed by atoms with van der Waals surface area (Å²) in [5.74, 6) is -1.04. The number of hydrogen-bond donors (Lipinski definition) is 1. The van der Waals surface area contributed by atoms with Gasteiger partial charge in [-0.05, 0) is 53.5 Å². The van der Waals surface area contributed by atoms with Gasteiger partial charge in [-0.3, -0.25) is 4.79 Å². The van der Waals surface area contributed by atoms with E-state index in [9.17, 15) is 13.6 Å². The molecule has 2 aromatic carbocycles. The number of carbonyl (C=O) groups excluding carboxylic acids is 1. The third-order valence-electron chi connectivity index (χ3n) is 4.10. The monoisotopic (exact) mass is 476 g/mol. The van der Waals surface area contributed by atoms with Crippen LogP contribution in [0.25, 0.3) is 0 Å². The Balaban J connectivity index is 1.90. The molecule has 0 aliphatic rings. The van der Waals surface area contributed by atoms with Crippen molar-refractivity contribution in [3.63, 3.8) is 0 Å². The Morgan fingerprint density at radius 1 is 1.07 bits per heavy atom. The van der Waals surface area contributed by atoms with Gasteiger partial charge in [-0.2, -0.15) is 0 Å². The van der Waals surface area contributed by atoms with E-state index in [1.54, 1.807) is 30.5 Å². The average molecular weight is 477 g/mol. The number of ether oxygens (including phenoxy) is 2. The first-order chi connectivity index (χ1) is 14.3. The van der Waals surface area contributed by atoms with Crippen molar-refractivity contribution in [3.8, 4) is 17.2 Å². The van der Waals surface area contributed by atoms with Gasteiger partial charge in [0.25, 0.3) is 5.91 Å². The van der Waals surface area contributed by atoms with Crippen LogP contribution >= 0.6 is 15.9 Å². The molecule has 1 aromatic heterocycles. The fraction of sp³-hybridized carbons (Fsp3) is 0.182. The van der Waals surface area contributed by atoms with Crippen LogP contribution in [0, 0.1) is 11.6 Å². The number of pyridine rings is 1. The van der Waals surface area contributed by atoms with Gasteiger partial charge in [0.15, 0.2) is 0 Å². The third-order valence-corrected chi connectivity index (χ3v) is 4.56. The molecule has 0 saturated heterocycles. The normalized spacial score (nSPS) is 11.6. The molecule has 8 heteroatoms. The van der Waals surface area contributed by atoms with Crippen molar-refractivity contribution < 1.29 is 23.0 Å². The van der Waals surface area contributed by atoms with Crippen LogP contribution in [0.5, 0.6) is 17.2 Å². The summed E-state index contributed by atoms with van der Waals surface area (Å²) in [6.45, 7) is 3.86. The third kappa shape index (κ3) is 6.00. The molecule has 30 heavy (non-hydrogen) atoms. The predicted molar refractivity (Wildman–Crippen MR) is 113 cm³/mol. The fourth-order valence-corrected chi connectivity index (χ4v) is 2.74. The first-order valence-electron chi connectivity index (χ1n) is 9.21. The Morgan fingerprint density at radius 2 is 1.73 bits per heavy atom. The number of hydrogen-bond acceptors (Lipinski definition) is 4. The summed E-state index contributed by atoms with van der Waals surface area (Å²) in [5, 5.41) is 2.69. The highest BCUT2D eigenvalue weighted by atomic mass is 79.9. The van der Waals surface area contributed by atoms with E-state index in [-0.39, 0.29) is 23.2 Å². The first kappa shape index (κ1) is 21.7. The maximum Gasteiger partial charge on any atom is 0.257 e. The number of nitrogens with one attached hydrogen (secondary N) is 1. The highest BCUT2D eigenvalue weighted by Gasteiger charge is 2.14. The SMILES string of the molecule is CC[C@H](C)Oc1cc(Oc2cc(F)cc(F)c2)cc(C(=O)Nc2ccc(Br)cn2)c1. The summed E-state index contributed by atoms with van der Waals surface area (Å²) in [6, 6.07) is 10.8. The van der Waals surface area contributed by atoms with Crippen LogP contribution in [0.3, 0.4) is 0 Å². The summed E-state index contributed by atoms with van der Waals surface area (Å²) in [6.07, 6.45) is 2.21. The van der Waals surface area contributed by atoms with Crippen molar-refractivity contribution in [1.29, 1.82) is 0 Å². The van der Waals surface area contributed by atoms with E-state index in [1.165, 1.54) is 6.07 Å². The van der Waals surface area contributed by atoms with Gasteiger partial charge in [0.1, 0.15) is 34.7 Å². The molecule has 156 valence electrons. The minimum Gasteiger partial charge on any atom is -0.491 e. The number of rotatable bonds is 7. The molecule has 1 amide bonds. The van der Waals surface area contributed by atoms with E-state index in [0.717, 1.165) is 29.1 Å². The van der Waals surface area contributed by atoms with Gasteiger partial charge in [-0.15, -0.1) is 0 Å². The molecule has 0 bridgehead atoms. The number of halogens is 3. The van der Waals surface area contributed by atoms with E-state index in [2.05, 4.69) is 26.2 Å². The van der Waals surface area contributed by atoms with Gasteiger partial charge in [-0.1, -0.05) is 6.92 Å². The largest absolute Gasteiger partial charge is 0.491 e. The first-order valence-corrected chi connectivity index (χ1v) is 10.0. The molecule has 0 radical (unpaired) electrons. The summed E-state index contributed by atoms with van der Waals surface area (Å²) in [7, 11) is 0. The van der Waals surface area contributed by atoms with Crippen molar-refractivity contribution >= 4 is 27.7 Å². The Labute approximate surface area is 181 Å². The standard InChI is InChI=1S/C22H19BrF2N2O3/c1-3-13(2)29-18-6-14(22(28)27-21-5-4-15(23)12-26-21)7-19(11-18)30-20-9-16(24)8-17(25)10-20/h4-13H,3H2,1-2H3,(H,26,27,28)/t13-/m0/s1. The van der Waals surface area contributed by atoms with Crippen LogP contribution in [0.1, 0.15) is 30.6 Å². The molecule has 3 rings (SSSR count). The lowest BCUT2D eigenvalue weighted by Crippen LogP contribution is -2.14. The molecule has 0 saturated carbocycles. The maximum atomic E-state index is 13.5. The maximum absolute atomic E-state index is 13.5. The quantitative estimate of drug-likeness (QED) is 0.431. The summed E-state index contributed by atoms with van der Waals surface area (Å²) < 4.78 is 39.2. The zero-order valence-corrected chi connectivity index (χ0v) is 17.9. The van der Waals surface area contributed by atoms with Crippen LogP contribution in [-0.2, 0) is 0 Å². The van der Waals surface area contributed by atoms with Gasteiger partial charge < -0.3 is 14.8 Å². The van der Waals surface area contributed by atoms with Gasteiger partial charge in [0, 0.05) is 40.5 Å².